The van der Waals surface area contributed by atoms with E-state index < -0.39 is 0 Å². The SMILES string of the molecule is c1cncc(-c2cncc(-c3cccnc3)c2-c2cccnc2)c1. The standard InChI is InChI=1S/C20H14N4/c1-4-15(10-21-7-1)18-13-24-14-19(16-5-2-8-22-11-16)20(18)17-6-3-9-23-12-17/h1-14H. The molecule has 0 atom stereocenters. The van der Waals surface area contributed by atoms with Crippen LogP contribution in [0.25, 0.3) is 33.4 Å². The second kappa shape index (κ2) is 6.38. The summed E-state index contributed by atoms with van der Waals surface area (Å²) in [5.74, 6) is 0. The van der Waals surface area contributed by atoms with Crippen LogP contribution >= 0.6 is 0 Å². The van der Waals surface area contributed by atoms with Gasteiger partial charge in [0, 0.05) is 83.0 Å². The molecule has 4 aromatic rings. The van der Waals surface area contributed by atoms with Crippen LogP contribution in [-0.4, -0.2) is 19.9 Å². The average Bonchev–Trinajstić information content (AvgIpc) is 2.69. The van der Waals surface area contributed by atoms with E-state index in [4.69, 9.17) is 0 Å². The first-order chi connectivity index (χ1) is 11.9. The zero-order valence-electron chi connectivity index (χ0n) is 12.9. The Morgan fingerprint density at radius 1 is 0.458 bits per heavy atom. The van der Waals surface area contributed by atoms with E-state index in [9.17, 15) is 0 Å². The molecule has 4 rings (SSSR count). The fraction of sp³-hybridized carbons (Fsp3) is 0. The van der Waals surface area contributed by atoms with E-state index in [1.54, 1.807) is 18.6 Å². The summed E-state index contributed by atoms with van der Waals surface area (Å²) < 4.78 is 0. The van der Waals surface area contributed by atoms with Gasteiger partial charge in [-0.3, -0.25) is 19.9 Å². The fourth-order valence-corrected chi connectivity index (χ4v) is 2.76. The van der Waals surface area contributed by atoms with Gasteiger partial charge in [0.2, 0.25) is 0 Å². The Labute approximate surface area is 139 Å². The number of aromatic nitrogens is 4. The van der Waals surface area contributed by atoms with Gasteiger partial charge in [0.05, 0.1) is 0 Å². The van der Waals surface area contributed by atoms with Gasteiger partial charge in [0.15, 0.2) is 0 Å². The molecule has 0 aromatic carbocycles. The van der Waals surface area contributed by atoms with Crippen LogP contribution in [-0.2, 0) is 0 Å². The van der Waals surface area contributed by atoms with Crippen molar-refractivity contribution < 1.29 is 0 Å². The fourth-order valence-electron chi connectivity index (χ4n) is 2.76. The van der Waals surface area contributed by atoms with Crippen LogP contribution < -0.4 is 0 Å². The lowest BCUT2D eigenvalue weighted by molar-refractivity contribution is 1.28. The molecule has 0 N–H and O–H groups in total. The molecular formula is C20H14N4. The number of hydrogen-bond acceptors (Lipinski definition) is 4. The minimum atomic E-state index is 1.02. The summed E-state index contributed by atoms with van der Waals surface area (Å²) in [7, 11) is 0. The van der Waals surface area contributed by atoms with Crippen molar-refractivity contribution in [1.82, 2.24) is 19.9 Å². The summed E-state index contributed by atoms with van der Waals surface area (Å²) in [6.45, 7) is 0. The molecule has 0 saturated heterocycles. The van der Waals surface area contributed by atoms with E-state index in [0.29, 0.717) is 0 Å². The van der Waals surface area contributed by atoms with Gasteiger partial charge in [0.1, 0.15) is 0 Å². The van der Waals surface area contributed by atoms with E-state index in [1.807, 2.05) is 61.3 Å². The van der Waals surface area contributed by atoms with Crippen molar-refractivity contribution >= 4 is 0 Å². The maximum Gasteiger partial charge on any atom is 0.0353 e. The van der Waals surface area contributed by atoms with Crippen LogP contribution in [0.1, 0.15) is 0 Å². The third-order valence-corrected chi connectivity index (χ3v) is 3.84. The molecule has 4 heterocycles. The largest absolute Gasteiger partial charge is 0.264 e. The minimum Gasteiger partial charge on any atom is -0.264 e. The van der Waals surface area contributed by atoms with E-state index in [2.05, 4.69) is 26.0 Å². The van der Waals surface area contributed by atoms with Crippen molar-refractivity contribution in [2.75, 3.05) is 0 Å². The highest BCUT2D eigenvalue weighted by Crippen LogP contribution is 2.38. The maximum atomic E-state index is 4.45. The van der Waals surface area contributed by atoms with Gasteiger partial charge >= 0.3 is 0 Å². The molecule has 0 aliphatic rings. The van der Waals surface area contributed by atoms with Crippen LogP contribution in [0.5, 0.6) is 0 Å². The Balaban J connectivity index is 2.02. The number of hydrogen-bond donors (Lipinski definition) is 0. The molecule has 0 saturated carbocycles. The molecule has 4 heteroatoms. The van der Waals surface area contributed by atoms with Crippen molar-refractivity contribution in [3.63, 3.8) is 0 Å². The zero-order chi connectivity index (χ0) is 16.2. The Morgan fingerprint density at radius 3 is 1.33 bits per heavy atom. The zero-order valence-corrected chi connectivity index (χ0v) is 12.9. The van der Waals surface area contributed by atoms with Gasteiger partial charge in [-0.05, 0) is 18.2 Å². The molecule has 4 nitrogen and oxygen atoms in total. The third kappa shape index (κ3) is 2.65. The van der Waals surface area contributed by atoms with Gasteiger partial charge in [-0.25, -0.2) is 0 Å². The van der Waals surface area contributed by atoms with Crippen LogP contribution in [0.4, 0.5) is 0 Å². The molecule has 0 radical (unpaired) electrons. The Hall–Kier alpha value is -3.40. The highest BCUT2D eigenvalue weighted by molar-refractivity contribution is 5.93. The topological polar surface area (TPSA) is 51.6 Å². The number of nitrogens with zero attached hydrogens (tertiary/aromatic N) is 4. The van der Waals surface area contributed by atoms with Crippen molar-refractivity contribution in [2.24, 2.45) is 0 Å². The van der Waals surface area contributed by atoms with Gasteiger partial charge in [-0.1, -0.05) is 18.2 Å². The normalized spacial score (nSPS) is 10.5. The molecule has 0 bridgehead atoms. The lowest BCUT2D eigenvalue weighted by Gasteiger charge is -2.14. The number of rotatable bonds is 3. The molecule has 114 valence electrons. The Kier molecular flexibility index (Phi) is 3.78. The summed E-state index contributed by atoms with van der Waals surface area (Å²) in [6.07, 6.45) is 14.6. The summed E-state index contributed by atoms with van der Waals surface area (Å²) in [5.41, 5.74) is 6.22. The summed E-state index contributed by atoms with van der Waals surface area (Å²) in [5, 5.41) is 0. The van der Waals surface area contributed by atoms with Crippen LogP contribution in [0.2, 0.25) is 0 Å². The Bertz CT molecular complexity index is 881. The summed E-state index contributed by atoms with van der Waals surface area (Å²) >= 11 is 0. The van der Waals surface area contributed by atoms with Crippen LogP contribution in [0, 0.1) is 0 Å². The first-order valence-electron chi connectivity index (χ1n) is 7.62. The smallest absolute Gasteiger partial charge is 0.0353 e. The average molecular weight is 310 g/mol. The molecule has 0 spiro atoms. The number of pyridine rings is 4. The highest BCUT2D eigenvalue weighted by Gasteiger charge is 2.15. The van der Waals surface area contributed by atoms with Crippen LogP contribution in [0.3, 0.4) is 0 Å². The third-order valence-electron chi connectivity index (χ3n) is 3.84. The highest BCUT2D eigenvalue weighted by atomic mass is 14.7. The molecule has 0 aliphatic heterocycles. The van der Waals surface area contributed by atoms with Crippen molar-refractivity contribution in [3.8, 4) is 33.4 Å². The van der Waals surface area contributed by atoms with E-state index in [0.717, 1.165) is 33.4 Å². The van der Waals surface area contributed by atoms with Crippen molar-refractivity contribution in [2.45, 2.75) is 0 Å². The van der Waals surface area contributed by atoms with E-state index >= 15 is 0 Å². The van der Waals surface area contributed by atoms with Crippen molar-refractivity contribution in [1.29, 1.82) is 0 Å². The van der Waals surface area contributed by atoms with Crippen molar-refractivity contribution in [3.05, 3.63) is 86.0 Å². The quantitative estimate of drug-likeness (QED) is 0.567. The molecular weight excluding hydrogens is 296 g/mol. The molecule has 0 fully saturated rings. The lowest BCUT2D eigenvalue weighted by atomic mass is 9.91. The van der Waals surface area contributed by atoms with Gasteiger partial charge < -0.3 is 0 Å². The predicted molar refractivity (Wildman–Crippen MR) is 93.9 cm³/mol. The predicted octanol–water partition coefficient (Wildman–Crippen LogP) is 4.27. The van der Waals surface area contributed by atoms with Gasteiger partial charge in [-0.15, -0.1) is 0 Å². The first-order valence-corrected chi connectivity index (χ1v) is 7.62. The lowest BCUT2D eigenvalue weighted by Crippen LogP contribution is -1.93. The molecule has 0 aliphatic carbocycles. The molecule has 4 aromatic heterocycles. The Morgan fingerprint density at radius 2 is 0.917 bits per heavy atom. The monoisotopic (exact) mass is 310 g/mol. The molecule has 0 amide bonds. The first kappa shape index (κ1) is 14.2. The van der Waals surface area contributed by atoms with Crippen LogP contribution in [0.15, 0.2) is 86.0 Å². The van der Waals surface area contributed by atoms with E-state index in [1.165, 1.54) is 0 Å². The second-order valence-corrected chi connectivity index (χ2v) is 5.33. The maximum absolute atomic E-state index is 4.45. The van der Waals surface area contributed by atoms with Gasteiger partial charge in [0.25, 0.3) is 0 Å². The second-order valence-electron chi connectivity index (χ2n) is 5.33. The summed E-state index contributed by atoms with van der Waals surface area (Å²) in [4.78, 5) is 17.2. The van der Waals surface area contributed by atoms with Gasteiger partial charge in [-0.2, -0.15) is 0 Å². The minimum absolute atomic E-state index is 1.02. The summed E-state index contributed by atoms with van der Waals surface area (Å²) in [6, 6.07) is 11.9. The molecule has 24 heavy (non-hydrogen) atoms. The van der Waals surface area contributed by atoms with E-state index in [-0.39, 0.29) is 0 Å². The molecule has 0 unspecified atom stereocenters.